The summed E-state index contributed by atoms with van der Waals surface area (Å²) in [4.78, 5) is 0. The van der Waals surface area contributed by atoms with Crippen LogP contribution in [-0.2, 0) is 8.65 Å². The predicted octanol–water partition coefficient (Wildman–Crippen LogP) is 4.85. The van der Waals surface area contributed by atoms with Crippen molar-refractivity contribution in [3.05, 3.63) is 94.0 Å². The fraction of sp³-hybridized carbons (Fsp3) is 0.100. The van der Waals surface area contributed by atoms with Crippen molar-refractivity contribution in [2.24, 2.45) is 0 Å². The lowest BCUT2D eigenvalue weighted by Gasteiger charge is -2.52. The van der Waals surface area contributed by atoms with Crippen LogP contribution >= 0.6 is 31.9 Å². The van der Waals surface area contributed by atoms with Gasteiger partial charge < -0.3 is 11.5 Å². The summed E-state index contributed by atoms with van der Waals surface area (Å²) >= 11 is 8.18. The zero-order valence-corrected chi connectivity index (χ0v) is 15.9. The quantitative estimate of drug-likeness (QED) is 0.387. The monoisotopic (exact) mass is 440 g/mol. The van der Waals surface area contributed by atoms with E-state index in [1.54, 1.807) is 0 Å². The van der Waals surface area contributed by atoms with E-state index in [9.17, 15) is 0 Å². The summed E-state index contributed by atoms with van der Waals surface area (Å²) in [5, 5.41) is 0. The van der Waals surface area contributed by atoms with E-state index >= 15 is 0 Å². The fourth-order valence-electron chi connectivity index (χ4n) is 4.31. The van der Waals surface area contributed by atoms with Gasteiger partial charge >= 0.3 is 0 Å². The highest BCUT2D eigenvalue weighted by atomic mass is 79.9. The molecule has 2 nitrogen and oxygen atoms in total. The first-order chi connectivity index (χ1) is 11.5. The highest BCUT2D eigenvalue weighted by Gasteiger charge is 2.57. The molecule has 4 heteroatoms. The minimum Gasteiger partial charge on any atom is -0.397 e. The number of anilines is 2. The van der Waals surface area contributed by atoms with E-state index in [2.05, 4.69) is 86.5 Å². The molecule has 3 aromatic rings. The summed E-state index contributed by atoms with van der Waals surface area (Å²) in [6, 6.07) is 21.0. The average molecular weight is 442 g/mol. The van der Waals surface area contributed by atoms with Crippen LogP contribution in [0.1, 0.15) is 33.4 Å². The van der Waals surface area contributed by atoms with Crippen LogP contribution in [0.3, 0.4) is 0 Å². The molecule has 4 N–H and O–H groups in total. The molecule has 24 heavy (non-hydrogen) atoms. The first kappa shape index (κ1) is 14.6. The summed E-state index contributed by atoms with van der Waals surface area (Å²) in [5.41, 5.74) is 21.0. The Morgan fingerprint density at radius 3 is 1.54 bits per heavy atom. The predicted molar refractivity (Wildman–Crippen MR) is 106 cm³/mol. The summed E-state index contributed by atoms with van der Waals surface area (Å²) in [6.45, 7) is 0. The molecule has 0 radical (unpaired) electrons. The van der Waals surface area contributed by atoms with Crippen molar-refractivity contribution in [3.63, 3.8) is 0 Å². The third kappa shape index (κ3) is 1.39. The standard InChI is InChI=1S/C20H14Br2N2/c21-19-11-5-1-3-7-13(11)20(22,14-8-4-2-6-12(14)19)17-15(19)9-10-16(23)18(17)24/h1-10H,23-24H2. The first-order valence-electron chi connectivity index (χ1n) is 7.77. The van der Waals surface area contributed by atoms with Gasteiger partial charge in [0.05, 0.1) is 11.4 Å². The molecule has 0 unspecified atom stereocenters. The number of rotatable bonds is 0. The molecule has 0 heterocycles. The van der Waals surface area contributed by atoms with Gasteiger partial charge in [-0.1, -0.05) is 86.5 Å². The van der Waals surface area contributed by atoms with E-state index in [1.165, 1.54) is 22.3 Å². The molecule has 2 bridgehead atoms. The molecule has 6 rings (SSSR count). The lowest BCUT2D eigenvalue weighted by molar-refractivity contribution is 0.700. The van der Waals surface area contributed by atoms with Crippen molar-refractivity contribution in [1.29, 1.82) is 0 Å². The molecule has 118 valence electrons. The Bertz CT molecular complexity index is 978. The lowest BCUT2D eigenvalue weighted by atomic mass is 9.60. The van der Waals surface area contributed by atoms with Gasteiger partial charge in [-0.05, 0) is 33.9 Å². The van der Waals surface area contributed by atoms with E-state index in [-0.39, 0.29) is 0 Å². The van der Waals surface area contributed by atoms with E-state index < -0.39 is 8.65 Å². The molecule has 0 fully saturated rings. The van der Waals surface area contributed by atoms with Gasteiger partial charge in [-0.25, -0.2) is 0 Å². The SMILES string of the molecule is Nc1ccc2c(c1N)C1(Br)c3ccccc3C2(Br)c2ccccc21. The Hall–Kier alpha value is -1.78. The number of nitrogen functional groups attached to an aromatic ring is 2. The summed E-state index contributed by atoms with van der Waals surface area (Å²) in [7, 11) is 0. The summed E-state index contributed by atoms with van der Waals surface area (Å²) < 4.78 is -0.892. The Labute approximate surface area is 157 Å². The summed E-state index contributed by atoms with van der Waals surface area (Å²) in [5.74, 6) is 0. The number of nitrogens with two attached hydrogens (primary N) is 2. The lowest BCUT2D eigenvalue weighted by Crippen LogP contribution is -2.45. The van der Waals surface area contributed by atoms with Crippen molar-refractivity contribution < 1.29 is 0 Å². The summed E-state index contributed by atoms with van der Waals surface area (Å²) in [6.07, 6.45) is 0. The molecular weight excluding hydrogens is 428 g/mol. The Morgan fingerprint density at radius 2 is 1.04 bits per heavy atom. The van der Waals surface area contributed by atoms with Gasteiger partial charge in [0, 0.05) is 5.56 Å². The maximum atomic E-state index is 6.47. The number of halogens is 2. The second kappa shape index (κ2) is 4.44. The smallest absolute Gasteiger partial charge is 0.103 e. The maximum Gasteiger partial charge on any atom is 0.103 e. The van der Waals surface area contributed by atoms with Crippen molar-refractivity contribution in [3.8, 4) is 0 Å². The maximum absolute atomic E-state index is 6.47. The molecule has 0 saturated heterocycles. The molecule has 0 saturated carbocycles. The molecule has 3 aliphatic rings. The van der Waals surface area contributed by atoms with Gasteiger partial charge in [-0.2, -0.15) is 0 Å². The van der Waals surface area contributed by atoms with Crippen LogP contribution in [-0.4, -0.2) is 0 Å². The van der Waals surface area contributed by atoms with E-state index in [0.717, 1.165) is 11.1 Å². The van der Waals surface area contributed by atoms with Crippen LogP contribution in [0.25, 0.3) is 0 Å². The van der Waals surface area contributed by atoms with Crippen molar-refractivity contribution >= 4 is 43.2 Å². The van der Waals surface area contributed by atoms with E-state index in [1.807, 2.05) is 6.07 Å². The largest absolute Gasteiger partial charge is 0.397 e. The van der Waals surface area contributed by atoms with Crippen LogP contribution < -0.4 is 11.5 Å². The van der Waals surface area contributed by atoms with Crippen LogP contribution in [0, 0.1) is 0 Å². The van der Waals surface area contributed by atoms with Gasteiger partial charge in [0.25, 0.3) is 0 Å². The van der Waals surface area contributed by atoms with Gasteiger partial charge in [-0.3, -0.25) is 0 Å². The second-order valence-electron chi connectivity index (χ2n) is 6.40. The molecule has 0 amide bonds. The third-order valence-electron chi connectivity index (χ3n) is 5.33. The topological polar surface area (TPSA) is 52.0 Å². The van der Waals surface area contributed by atoms with Gasteiger partial charge in [-0.15, -0.1) is 0 Å². The Kier molecular flexibility index (Phi) is 2.69. The number of benzene rings is 3. The third-order valence-corrected chi connectivity index (χ3v) is 7.87. The highest BCUT2D eigenvalue weighted by molar-refractivity contribution is 9.10. The van der Waals surface area contributed by atoms with Crippen LogP contribution in [0.5, 0.6) is 0 Å². The van der Waals surface area contributed by atoms with Crippen LogP contribution in [0.15, 0.2) is 60.7 Å². The Morgan fingerprint density at radius 1 is 0.583 bits per heavy atom. The fourth-order valence-corrected chi connectivity index (χ4v) is 6.45. The number of hydrogen-bond donors (Lipinski definition) is 2. The molecule has 3 aromatic carbocycles. The second-order valence-corrected chi connectivity index (χ2v) is 8.78. The molecule has 0 aromatic heterocycles. The molecule has 3 aliphatic carbocycles. The molecule has 0 atom stereocenters. The van der Waals surface area contributed by atoms with E-state index in [4.69, 9.17) is 11.5 Å². The van der Waals surface area contributed by atoms with Crippen LogP contribution in [0.4, 0.5) is 11.4 Å². The normalized spacial score (nSPS) is 25.8. The average Bonchev–Trinajstić information content (AvgIpc) is 2.61. The molecular formula is C20H14Br2N2. The van der Waals surface area contributed by atoms with Gasteiger partial charge in [0.1, 0.15) is 8.65 Å². The number of hydrogen-bond acceptors (Lipinski definition) is 2. The zero-order chi connectivity index (χ0) is 16.7. The zero-order valence-electron chi connectivity index (χ0n) is 12.7. The van der Waals surface area contributed by atoms with Crippen LogP contribution in [0.2, 0.25) is 0 Å². The van der Waals surface area contributed by atoms with Crippen molar-refractivity contribution in [2.45, 2.75) is 8.65 Å². The van der Waals surface area contributed by atoms with Crippen molar-refractivity contribution in [2.75, 3.05) is 11.5 Å². The molecule has 0 aliphatic heterocycles. The van der Waals surface area contributed by atoms with Gasteiger partial charge in [0.15, 0.2) is 0 Å². The van der Waals surface area contributed by atoms with Gasteiger partial charge in [0.2, 0.25) is 0 Å². The Balaban J connectivity index is 2.06. The first-order valence-corrected chi connectivity index (χ1v) is 9.36. The minimum atomic E-state index is -0.482. The number of alkyl halides is 2. The molecule has 0 spiro atoms. The highest BCUT2D eigenvalue weighted by Crippen LogP contribution is 2.67. The van der Waals surface area contributed by atoms with E-state index in [0.29, 0.717) is 11.4 Å². The van der Waals surface area contributed by atoms with Crippen molar-refractivity contribution in [1.82, 2.24) is 0 Å². The minimum absolute atomic E-state index is 0.410.